The molecule has 0 saturated carbocycles. The number of benzene rings is 2. The van der Waals surface area contributed by atoms with Crippen LogP contribution in [-0.4, -0.2) is 51.0 Å². The number of fused-ring (bicyclic) bond motifs is 1. The van der Waals surface area contributed by atoms with Crippen LogP contribution in [0.25, 0.3) is 11.2 Å². The number of para-hydroxylation sites is 1. The van der Waals surface area contributed by atoms with E-state index in [0.29, 0.717) is 12.2 Å². The van der Waals surface area contributed by atoms with Crippen molar-refractivity contribution in [1.82, 2.24) is 24.8 Å². The van der Waals surface area contributed by atoms with Crippen molar-refractivity contribution in [3.8, 4) is 0 Å². The summed E-state index contributed by atoms with van der Waals surface area (Å²) in [5.41, 5.74) is 5.48. The van der Waals surface area contributed by atoms with Gasteiger partial charge in [0, 0.05) is 45.0 Å². The third kappa shape index (κ3) is 3.97. The molecule has 0 unspecified atom stereocenters. The minimum Gasteiger partial charge on any atom is -0.369 e. The first-order chi connectivity index (χ1) is 14.9. The first kappa shape index (κ1) is 18.6. The zero-order valence-electron chi connectivity index (χ0n) is 16.8. The summed E-state index contributed by atoms with van der Waals surface area (Å²) in [6, 6.07) is 19.3. The van der Waals surface area contributed by atoms with Gasteiger partial charge in [0.1, 0.15) is 11.8 Å². The number of H-pyrrole nitrogens is 1. The van der Waals surface area contributed by atoms with Crippen molar-refractivity contribution in [3.05, 3.63) is 78.4 Å². The number of imidazole rings is 1. The van der Waals surface area contributed by atoms with Crippen LogP contribution in [0, 0.1) is 0 Å². The van der Waals surface area contributed by atoms with Gasteiger partial charge in [0.25, 0.3) is 0 Å². The molecule has 2 aromatic heterocycles. The molecule has 152 valence electrons. The van der Waals surface area contributed by atoms with E-state index in [0.717, 1.165) is 44.1 Å². The summed E-state index contributed by atoms with van der Waals surface area (Å²) in [4.78, 5) is 20.9. The van der Waals surface area contributed by atoms with Gasteiger partial charge in [0.05, 0.1) is 6.33 Å². The number of nitrogens with one attached hydrogen (secondary N) is 2. The number of aromatic nitrogens is 4. The molecule has 0 amide bonds. The SMILES string of the molecule is c1ccc(N2CCN(Cc3ccccc3CNc3ncnc4nc[nH]c34)CC2)cc1. The Morgan fingerprint density at radius 3 is 2.43 bits per heavy atom. The van der Waals surface area contributed by atoms with Crippen LogP contribution < -0.4 is 10.2 Å². The Morgan fingerprint density at radius 1 is 0.833 bits per heavy atom. The molecule has 1 fully saturated rings. The van der Waals surface area contributed by atoms with Gasteiger partial charge < -0.3 is 15.2 Å². The molecule has 30 heavy (non-hydrogen) atoms. The maximum atomic E-state index is 4.37. The van der Waals surface area contributed by atoms with E-state index in [1.165, 1.54) is 16.8 Å². The zero-order valence-corrected chi connectivity index (χ0v) is 16.8. The lowest BCUT2D eigenvalue weighted by Gasteiger charge is -2.36. The average Bonchev–Trinajstić information content (AvgIpc) is 3.29. The highest BCUT2D eigenvalue weighted by Crippen LogP contribution is 2.20. The van der Waals surface area contributed by atoms with Crippen molar-refractivity contribution in [2.75, 3.05) is 36.4 Å². The van der Waals surface area contributed by atoms with E-state index in [-0.39, 0.29) is 0 Å². The molecule has 2 N–H and O–H groups in total. The lowest BCUT2D eigenvalue weighted by Crippen LogP contribution is -2.46. The highest BCUT2D eigenvalue weighted by atomic mass is 15.3. The smallest absolute Gasteiger partial charge is 0.182 e. The van der Waals surface area contributed by atoms with Crippen LogP contribution >= 0.6 is 0 Å². The Labute approximate surface area is 175 Å². The van der Waals surface area contributed by atoms with Crippen LogP contribution in [0.15, 0.2) is 67.3 Å². The number of rotatable bonds is 6. The van der Waals surface area contributed by atoms with Crippen LogP contribution in [0.4, 0.5) is 11.5 Å². The molecule has 2 aromatic carbocycles. The Hall–Kier alpha value is -3.45. The monoisotopic (exact) mass is 399 g/mol. The molecule has 0 radical (unpaired) electrons. The first-order valence-electron chi connectivity index (χ1n) is 10.3. The molecule has 1 aliphatic rings. The van der Waals surface area contributed by atoms with Gasteiger partial charge in [0.15, 0.2) is 11.5 Å². The highest BCUT2D eigenvalue weighted by molar-refractivity contribution is 5.81. The molecule has 0 atom stereocenters. The Kier molecular flexibility index (Phi) is 5.26. The molecule has 7 nitrogen and oxygen atoms in total. The molecular formula is C23H25N7. The van der Waals surface area contributed by atoms with Gasteiger partial charge in [-0.15, -0.1) is 0 Å². The van der Waals surface area contributed by atoms with Gasteiger partial charge in [-0.25, -0.2) is 15.0 Å². The molecule has 0 spiro atoms. The maximum absolute atomic E-state index is 4.37. The van der Waals surface area contributed by atoms with Crippen LogP contribution in [0.2, 0.25) is 0 Å². The molecule has 1 saturated heterocycles. The Bertz CT molecular complexity index is 1100. The van der Waals surface area contributed by atoms with Crippen LogP contribution in [0.1, 0.15) is 11.1 Å². The second-order valence-corrected chi connectivity index (χ2v) is 7.54. The van der Waals surface area contributed by atoms with Gasteiger partial charge in [0.2, 0.25) is 0 Å². The van der Waals surface area contributed by atoms with Gasteiger partial charge in [-0.3, -0.25) is 4.90 Å². The van der Waals surface area contributed by atoms with E-state index in [1.54, 1.807) is 12.7 Å². The van der Waals surface area contributed by atoms with Crippen LogP contribution in [-0.2, 0) is 13.1 Å². The average molecular weight is 400 g/mol. The summed E-state index contributed by atoms with van der Waals surface area (Å²) >= 11 is 0. The quantitative estimate of drug-likeness (QED) is 0.518. The second kappa shape index (κ2) is 8.51. The number of anilines is 2. The molecular weight excluding hydrogens is 374 g/mol. The van der Waals surface area contributed by atoms with Crippen molar-refractivity contribution in [2.45, 2.75) is 13.1 Å². The summed E-state index contributed by atoms with van der Waals surface area (Å²) in [5.74, 6) is 0.781. The molecule has 7 heteroatoms. The van der Waals surface area contributed by atoms with E-state index in [2.05, 4.69) is 89.6 Å². The van der Waals surface area contributed by atoms with Gasteiger partial charge in [-0.1, -0.05) is 42.5 Å². The number of nitrogens with zero attached hydrogens (tertiary/aromatic N) is 5. The highest BCUT2D eigenvalue weighted by Gasteiger charge is 2.18. The fourth-order valence-corrected chi connectivity index (χ4v) is 4.01. The third-order valence-electron chi connectivity index (χ3n) is 5.68. The van der Waals surface area contributed by atoms with Crippen molar-refractivity contribution >= 4 is 22.7 Å². The maximum Gasteiger partial charge on any atom is 0.182 e. The topological polar surface area (TPSA) is 73.0 Å². The zero-order chi connectivity index (χ0) is 20.2. The van der Waals surface area contributed by atoms with E-state index >= 15 is 0 Å². The predicted octanol–water partition coefficient (Wildman–Crippen LogP) is 3.29. The molecule has 5 rings (SSSR count). The lowest BCUT2D eigenvalue weighted by molar-refractivity contribution is 0.249. The number of hydrogen-bond acceptors (Lipinski definition) is 6. The molecule has 1 aliphatic heterocycles. The molecule has 0 bridgehead atoms. The largest absolute Gasteiger partial charge is 0.369 e. The summed E-state index contributed by atoms with van der Waals surface area (Å²) in [6.07, 6.45) is 3.19. The first-order valence-corrected chi connectivity index (χ1v) is 10.3. The number of piperazine rings is 1. The fraction of sp³-hybridized carbons (Fsp3) is 0.261. The second-order valence-electron chi connectivity index (χ2n) is 7.54. The van der Waals surface area contributed by atoms with Crippen molar-refractivity contribution in [2.24, 2.45) is 0 Å². The minimum atomic E-state index is 0.678. The standard InChI is InChI=1S/C23H25N7/c1-2-8-20(9-3-1)30-12-10-29(11-13-30)15-19-7-5-4-6-18(19)14-24-22-21-23(26-16-25-21)28-17-27-22/h1-9,16-17H,10-15H2,(H2,24,25,26,27,28). The van der Waals surface area contributed by atoms with Crippen molar-refractivity contribution < 1.29 is 0 Å². The summed E-state index contributed by atoms with van der Waals surface area (Å²) in [5, 5.41) is 3.45. The van der Waals surface area contributed by atoms with Gasteiger partial charge >= 0.3 is 0 Å². The van der Waals surface area contributed by atoms with Crippen molar-refractivity contribution in [3.63, 3.8) is 0 Å². The van der Waals surface area contributed by atoms with Gasteiger partial charge in [-0.05, 0) is 23.3 Å². The van der Waals surface area contributed by atoms with Crippen LogP contribution in [0.5, 0.6) is 0 Å². The number of aromatic amines is 1. The summed E-state index contributed by atoms with van der Waals surface area (Å²) < 4.78 is 0. The van der Waals surface area contributed by atoms with Crippen molar-refractivity contribution in [1.29, 1.82) is 0 Å². The fourth-order valence-electron chi connectivity index (χ4n) is 4.01. The van der Waals surface area contributed by atoms with E-state index in [9.17, 15) is 0 Å². The Morgan fingerprint density at radius 2 is 1.60 bits per heavy atom. The molecule has 0 aliphatic carbocycles. The molecule has 3 heterocycles. The lowest BCUT2D eigenvalue weighted by atomic mass is 10.1. The summed E-state index contributed by atoms with van der Waals surface area (Å²) in [7, 11) is 0. The molecule has 4 aromatic rings. The van der Waals surface area contributed by atoms with E-state index in [1.807, 2.05) is 0 Å². The Balaban J connectivity index is 1.23. The van der Waals surface area contributed by atoms with E-state index < -0.39 is 0 Å². The number of hydrogen-bond donors (Lipinski definition) is 2. The normalized spacial score (nSPS) is 14.9. The van der Waals surface area contributed by atoms with Gasteiger partial charge in [-0.2, -0.15) is 0 Å². The predicted molar refractivity (Wildman–Crippen MR) is 119 cm³/mol. The van der Waals surface area contributed by atoms with Crippen LogP contribution in [0.3, 0.4) is 0 Å². The van der Waals surface area contributed by atoms with E-state index in [4.69, 9.17) is 0 Å². The summed E-state index contributed by atoms with van der Waals surface area (Å²) in [6.45, 7) is 5.93. The minimum absolute atomic E-state index is 0.678. The third-order valence-corrected chi connectivity index (χ3v) is 5.68.